The van der Waals surface area contributed by atoms with Crippen molar-refractivity contribution in [3.05, 3.63) is 94.7 Å². The number of anilines is 1. The summed E-state index contributed by atoms with van der Waals surface area (Å²) in [5, 5.41) is 1.90. The van der Waals surface area contributed by atoms with Gasteiger partial charge in [0.1, 0.15) is 0 Å². The van der Waals surface area contributed by atoms with Gasteiger partial charge < -0.3 is 4.90 Å². The third-order valence-electron chi connectivity index (χ3n) is 5.42. The minimum Gasteiger partial charge on any atom is -0.343 e. The molecule has 1 heterocycles. The maximum Gasteiger partial charge on any atom is 0.187 e. The van der Waals surface area contributed by atoms with Gasteiger partial charge in [-0.15, -0.1) is 0 Å². The molecule has 1 aliphatic heterocycles. The quantitative estimate of drug-likeness (QED) is 0.646. The van der Waals surface area contributed by atoms with Crippen LogP contribution in [0.1, 0.15) is 37.4 Å². The zero-order valence-corrected chi connectivity index (χ0v) is 14.9. The number of rotatable bonds is 2. The lowest BCUT2D eigenvalue weighted by molar-refractivity contribution is 0.0995. The molecule has 0 saturated heterocycles. The van der Waals surface area contributed by atoms with E-state index in [1.54, 1.807) is 0 Å². The summed E-state index contributed by atoms with van der Waals surface area (Å²) >= 11 is 0. The van der Waals surface area contributed by atoms with Crippen molar-refractivity contribution in [3.8, 4) is 0 Å². The highest BCUT2D eigenvalue weighted by Crippen LogP contribution is 2.41. The Morgan fingerprint density at radius 1 is 0.815 bits per heavy atom. The van der Waals surface area contributed by atoms with E-state index in [-0.39, 0.29) is 11.6 Å². The van der Waals surface area contributed by atoms with Crippen LogP contribution in [0.3, 0.4) is 0 Å². The fourth-order valence-electron chi connectivity index (χ4n) is 4.17. The number of hydrogen-bond donors (Lipinski definition) is 0. The minimum atomic E-state index is -0.0967. The molecule has 5 rings (SSSR count). The van der Waals surface area contributed by atoms with Crippen LogP contribution in [0.5, 0.6) is 0 Å². The summed E-state index contributed by atoms with van der Waals surface area (Å²) in [6.07, 6.45) is 6.89. The molecule has 0 amide bonds. The number of allylic oxidation sites excluding steroid dienone is 2. The highest BCUT2D eigenvalue weighted by Gasteiger charge is 2.28. The number of hydrogen-bond acceptors (Lipinski definition) is 3. The van der Waals surface area contributed by atoms with E-state index < -0.39 is 0 Å². The van der Waals surface area contributed by atoms with E-state index in [0.717, 1.165) is 34.1 Å². The SMILES string of the molecule is Cc1c2c(c3cccc4c3c1C=CN4Cc1ccccc1)C(=O)C=CC2=O. The number of benzene rings is 3. The first-order valence-corrected chi connectivity index (χ1v) is 9.00. The van der Waals surface area contributed by atoms with Crippen molar-refractivity contribution in [2.75, 3.05) is 4.90 Å². The Morgan fingerprint density at radius 2 is 1.56 bits per heavy atom. The number of nitrogens with zero attached hydrogens (tertiary/aromatic N) is 1. The molecule has 0 saturated carbocycles. The van der Waals surface area contributed by atoms with Gasteiger partial charge in [0.2, 0.25) is 0 Å². The normalized spacial score (nSPS) is 14.8. The lowest BCUT2D eigenvalue weighted by Gasteiger charge is -2.29. The van der Waals surface area contributed by atoms with Gasteiger partial charge in [-0.1, -0.05) is 42.5 Å². The van der Waals surface area contributed by atoms with Gasteiger partial charge in [0.15, 0.2) is 11.6 Å². The van der Waals surface area contributed by atoms with E-state index in [9.17, 15) is 9.59 Å². The highest BCUT2D eigenvalue weighted by atomic mass is 16.1. The summed E-state index contributed by atoms with van der Waals surface area (Å²) in [5.41, 5.74) is 5.27. The zero-order chi connectivity index (χ0) is 18.5. The molecule has 27 heavy (non-hydrogen) atoms. The van der Waals surface area contributed by atoms with E-state index in [1.807, 2.05) is 37.3 Å². The van der Waals surface area contributed by atoms with Crippen molar-refractivity contribution >= 4 is 34.1 Å². The second-order valence-electron chi connectivity index (χ2n) is 6.98. The molecule has 0 fully saturated rings. The van der Waals surface area contributed by atoms with E-state index in [4.69, 9.17) is 0 Å². The van der Waals surface area contributed by atoms with Gasteiger partial charge in [-0.3, -0.25) is 9.59 Å². The van der Waals surface area contributed by atoms with Crippen molar-refractivity contribution in [1.29, 1.82) is 0 Å². The predicted octanol–water partition coefficient (Wildman–Crippen LogP) is 5.07. The molecular weight excluding hydrogens is 334 g/mol. The first-order valence-electron chi connectivity index (χ1n) is 9.00. The molecule has 0 N–H and O–H groups in total. The zero-order valence-electron chi connectivity index (χ0n) is 14.9. The molecule has 3 aromatic carbocycles. The lowest BCUT2D eigenvalue weighted by atomic mass is 9.82. The van der Waals surface area contributed by atoms with Gasteiger partial charge in [-0.05, 0) is 53.3 Å². The van der Waals surface area contributed by atoms with E-state index in [2.05, 4.69) is 35.4 Å². The Balaban J connectivity index is 1.77. The summed E-state index contributed by atoms with van der Waals surface area (Å²) in [6, 6.07) is 16.3. The van der Waals surface area contributed by atoms with Crippen LogP contribution in [0, 0.1) is 6.92 Å². The van der Waals surface area contributed by atoms with Crippen molar-refractivity contribution in [2.24, 2.45) is 0 Å². The van der Waals surface area contributed by atoms with Gasteiger partial charge in [0.05, 0.1) is 0 Å². The second-order valence-corrected chi connectivity index (χ2v) is 6.98. The van der Waals surface area contributed by atoms with Crippen molar-refractivity contribution < 1.29 is 9.59 Å². The van der Waals surface area contributed by atoms with Crippen LogP contribution in [0.4, 0.5) is 5.69 Å². The first kappa shape index (κ1) is 15.8. The maximum atomic E-state index is 12.6. The fourth-order valence-corrected chi connectivity index (χ4v) is 4.17. The van der Waals surface area contributed by atoms with Crippen molar-refractivity contribution in [1.82, 2.24) is 0 Å². The van der Waals surface area contributed by atoms with Crippen LogP contribution in [0.2, 0.25) is 0 Å². The first-order chi connectivity index (χ1) is 13.1. The highest BCUT2D eigenvalue weighted by molar-refractivity contribution is 6.29. The molecule has 0 unspecified atom stereocenters. The fraction of sp³-hybridized carbons (Fsp3) is 0.0833. The molecule has 0 atom stereocenters. The molecule has 3 aromatic rings. The summed E-state index contributed by atoms with van der Waals surface area (Å²) in [6.45, 7) is 2.69. The van der Waals surface area contributed by atoms with Crippen molar-refractivity contribution in [2.45, 2.75) is 13.5 Å². The number of carbonyl (C=O) groups excluding carboxylic acids is 2. The lowest BCUT2D eigenvalue weighted by Crippen LogP contribution is -2.21. The van der Waals surface area contributed by atoms with E-state index in [1.165, 1.54) is 17.7 Å². The van der Waals surface area contributed by atoms with Crippen molar-refractivity contribution in [3.63, 3.8) is 0 Å². The van der Waals surface area contributed by atoms with Gasteiger partial charge in [-0.2, -0.15) is 0 Å². The summed E-state index contributed by atoms with van der Waals surface area (Å²) in [5.74, 6) is -0.189. The topological polar surface area (TPSA) is 37.4 Å². The average Bonchev–Trinajstić information content (AvgIpc) is 2.69. The largest absolute Gasteiger partial charge is 0.343 e. The van der Waals surface area contributed by atoms with Crippen LogP contribution in [0.25, 0.3) is 16.8 Å². The molecule has 0 spiro atoms. The van der Waals surface area contributed by atoms with E-state index in [0.29, 0.717) is 11.1 Å². The third-order valence-corrected chi connectivity index (χ3v) is 5.42. The van der Waals surface area contributed by atoms with Crippen LogP contribution >= 0.6 is 0 Å². The minimum absolute atomic E-state index is 0.0919. The van der Waals surface area contributed by atoms with Gasteiger partial charge >= 0.3 is 0 Å². The molecule has 1 aliphatic carbocycles. The van der Waals surface area contributed by atoms with E-state index >= 15 is 0 Å². The second kappa shape index (κ2) is 5.78. The molecule has 0 aromatic heterocycles. The molecule has 2 aliphatic rings. The number of ketones is 2. The molecular formula is C24H17NO2. The summed E-state index contributed by atoms with van der Waals surface area (Å²) in [7, 11) is 0. The Morgan fingerprint density at radius 3 is 2.33 bits per heavy atom. The Kier molecular flexibility index (Phi) is 3.37. The summed E-state index contributed by atoms with van der Waals surface area (Å²) < 4.78 is 0. The predicted molar refractivity (Wildman–Crippen MR) is 108 cm³/mol. The maximum absolute atomic E-state index is 12.6. The van der Waals surface area contributed by atoms with Crippen LogP contribution in [-0.2, 0) is 6.54 Å². The van der Waals surface area contributed by atoms with Crippen LogP contribution in [-0.4, -0.2) is 11.6 Å². The summed E-state index contributed by atoms with van der Waals surface area (Å²) in [4.78, 5) is 27.3. The van der Waals surface area contributed by atoms with Gasteiger partial charge in [-0.25, -0.2) is 0 Å². The van der Waals surface area contributed by atoms with Gasteiger partial charge in [0, 0.05) is 34.9 Å². The monoisotopic (exact) mass is 351 g/mol. The molecule has 0 radical (unpaired) electrons. The molecule has 130 valence electrons. The smallest absolute Gasteiger partial charge is 0.187 e. The Bertz CT molecular complexity index is 1190. The molecule has 3 nitrogen and oxygen atoms in total. The molecule has 0 bridgehead atoms. The number of carbonyl (C=O) groups is 2. The standard InChI is InChI=1S/C24H17NO2/c1-15-17-12-13-25(14-16-6-3-2-4-7-16)19-9-5-8-18(23(17)19)24-21(27)11-10-20(26)22(15)24/h2-13H,14H2,1H3. The van der Waals surface area contributed by atoms with Crippen LogP contribution in [0.15, 0.2) is 66.9 Å². The number of fused-ring (bicyclic) bond motifs is 2. The Labute approximate surface area is 157 Å². The third kappa shape index (κ3) is 2.28. The van der Waals surface area contributed by atoms with Gasteiger partial charge in [0.25, 0.3) is 0 Å². The molecule has 3 heteroatoms. The Hall–Kier alpha value is -3.46. The van der Waals surface area contributed by atoms with Crippen LogP contribution < -0.4 is 4.90 Å². The average molecular weight is 351 g/mol.